The fourth-order valence-corrected chi connectivity index (χ4v) is 10.7. The van der Waals surface area contributed by atoms with E-state index in [9.17, 15) is 0 Å². The summed E-state index contributed by atoms with van der Waals surface area (Å²) in [6.07, 6.45) is 0. The first-order valence-electron chi connectivity index (χ1n) is 21.7. The zero-order valence-corrected chi connectivity index (χ0v) is 34.4. The van der Waals surface area contributed by atoms with Gasteiger partial charge in [-0.3, -0.25) is 0 Å². The Kier molecular flexibility index (Phi) is 7.85. The quantitative estimate of drug-likeness (QED) is 0.172. The highest BCUT2D eigenvalue weighted by atomic mass is 16.5. The van der Waals surface area contributed by atoms with Crippen molar-refractivity contribution in [3.63, 3.8) is 0 Å². The Morgan fingerprint density at radius 3 is 1.43 bits per heavy atom. The van der Waals surface area contributed by atoms with Gasteiger partial charge in [-0.25, -0.2) is 0 Å². The molecule has 1 spiro atoms. The highest BCUT2D eigenvalue weighted by Gasteiger charge is 2.52. The molecular weight excluding hydrogens is 763 g/mol. The number of nitrogens with zero attached hydrogens (tertiary/aromatic N) is 1. The van der Waals surface area contributed by atoms with E-state index in [-0.39, 0.29) is 0 Å². The van der Waals surface area contributed by atoms with Gasteiger partial charge in [0.15, 0.2) is 0 Å². The Balaban J connectivity index is 0.954. The average Bonchev–Trinajstić information content (AvgIpc) is 3.64. The zero-order chi connectivity index (χ0) is 41.5. The summed E-state index contributed by atoms with van der Waals surface area (Å²) in [6.45, 7) is 0. The van der Waals surface area contributed by atoms with Crippen LogP contribution in [-0.4, -0.2) is 0 Å². The van der Waals surface area contributed by atoms with Crippen LogP contribution in [0.4, 0.5) is 17.1 Å². The Hall–Kier alpha value is -8.20. The van der Waals surface area contributed by atoms with Crippen molar-refractivity contribution < 1.29 is 4.74 Å². The number of ether oxygens (including phenoxy) is 1. The van der Waals surface area contributed by atoms with Gasteiger partial charge in [0.05, 0.1) is 5.41 Å². The van der Waals surface area contributed by atoms with Gasteiger partial charge in [0.25, 0.3) is 0 Å². The molecule has 11 aromatic rings. The number of hydrogen-bond acceptors (Lipinski definition) is 2. The normalized spacial score (nSPS) is 13.0. The number of anilines is 3. The smallest absolute Gasteiger partial charge is 0.140 e. The van der Waals surface area contributed by atoms with Crippen molar-refractivity contribution in [3.05, 3.63) is 259 Å². The molecule has 0 N–H and O–H groups in total. The molecule has 2 nitrogen and oxygen atoms in total. The highest BCUT2D eigenvalue weighted by Crippen LogP contribution is 2.64. The van der Waals surface area contributed by atoms with Crippen LogP contribution in [0.1, 0.15) is 22.3 Å². The van der Waals surface area contributed by atoms with Gasteiger partial charge in [0, 0.05) is 39.0 Å². The molecule has 0 fully saturated rings. The molecule has 0 saturated heterocycles. The molecule has 0 unspecified atom stereocenters. The molecule has 0 amide bonds. The number of benzene rings is 11. The fourth-order valence-electron chi connectivity index (χ4n) is 10.7. The first-order chi connectivity index (χ1) is 31.2. The predicted molar refractivity (Wildman–Crippen MR) is 262 cm³/mol. The van der Waals surface area contributed by atoms with E-state index in [2.05, 4.69) is 241 Å². The van der Waals surface area contributed by atoms with Crippen LogP contribution in [0.2, 0.25) is 0 Å². The summed E-state index contributed by atoms with van der Waals surface area (Å²) in [5.74, 6) is 1.86. The van der Waals surface area contributed by atoms with Gasteiger partial charge in [0.2, 0.25) is 0 Å². The van der Waals surface area contributed by atoms with Crippen LogP contribution >= 0.6 is 0 Å². The molecule has 2 heteroatoms. The molecule has 2 aliphatic rings. The lowest BCUT2D eigenvalue weighted by atomic mass is 9.65. The second-order valence-corrected chi connectivity index (χ2v) is 16.8. The third-order valence-electron chi connectivity index (χ3n) is 13.5. The van der Waals surface area contributed by atoms with Crippen LogP contribution in [0.3, 0.4) is 0 Å². The number of para-hydroxylation sites is 1. The van der Waals surface area contributed by atoms with E-state index in [4.69, 9.17) is 4.74 Å². The lowest BCUT2D eigenvalue weighted by Gasteiger charge is -2.40. The Labute approximate surface area is 366 Å². The topological polar surface area (TPSA) is 12.5 Å². The van der Waals surface area contributed by atoms with Crippen molar-refractivity contribution in [1.82, 2.24) is 0 Å². The van der Waals surface area contributed by atoms with Crippen LogP contribution in [-0.2, 0) is 5.41 Å². The van der Waals surface area contributed by atoms with E-state index >= 15 is 0 Å². The number of rotatable bonds is 5. The van der Waals surface area contributed by atoms with E-state index in [1.54, 1.807) is 0 Å². The lowest BCUT2D eigenvalue weighted by Crippen LogP contribution is -2.32. The largest absolute Gasteiger partial charge is 0.455 e. The molecule has 1 aliphatic carbocycles. The van der Waals surface area contributed by atoms with Crippen molar-refractivity contribution in [2.75, 3.05) is 4.90 Å². The van der Waals surface area contributed by atoms with Gasteiger partial charge in [-0.15, -0.1) is 0 Å². The predicted octanol–water partition coefficient (Wildman–Crippen LogP) is 16.4. The average molecular weight is 802 g/mol. The molecule has 63 heavy (non-hydrogen) atoms. The van der Waals surface area contributed by atoms with Crippen LogP contribution in [0.25, 0.3) is 65.7 Å². The summed E-state index contributed by atoms with van der Waals surface area (Å²) in [5, 5.41) is 7.09. The summed E-state index contributed by atoms with van der Waals surface area (Å²) in [5.41, 5.74) is 14.9. The molecule has 0 bridgehead atoms. The first kappa shape index (κ1) is 35.5. The third-order valence-corrected chi connectivity index (χ3v) is 13.5. The first-order valence-corrected chi connectivity index (χ1v) is 21.7. The molecule has 0 atom stereocenters. The second-order valence-electron chi connectivity index (χ2n) is 16.8. The van der Waals surface area contributed by atoms with Crippen molar-refractivity contribution in [2.24, 2.45) is 0 Å². The Bertz CT molecular complexity index is 3500. The molecule has 0 saturated carbocycles. The summed E-state index contributed by atoms with van der Waals surface area (Å²) < 4.78 is 7.19. The van der Waals surface area contributed by atoms with Gasteiger partial charge in [-0.2, -0.15) is 0 Å². The number of fused-ring (bicyclic) bond motifs is 14. The maximum absolute atomic E-state index is 7.19. The van der Waals surface area contributed by atoms with Gasteiger partial charge in [-0.05, 0) is 109 Å². The molecule has 294 valence electrons. The third kappa shape index (κ3) is 5.32. The molecule has 0 aromatic heterocycles. The van der Waals surface area contributed by atoms with Crippen molar-refractivity contribution >= 4 is 49.4 Å². The van der Waals surface area contributed by atoms with Crippen LogP contribution in [0.15, 0.2) is 237 Å². The SMILES string of the molecule is c1ccc(N(c2ccc(-c3ccc4c(c3)C3(c5ccccc5-4)c4ccc5ccccc5c4Oc4c3ccc3ccccc43)cc2)c2ccc(-c3cccc4ccccc34)cc2)cc1. The minimum Gasteiger partial charge on any atom is -0.455 e. The summed E-state index contributed by atoms with van der Waals surface area (Å²) in [4.78, 5) is 2.34. The van der Waals surface area contributed by atoms with E-state index < -0.39 is 5.41 Å². The van der Waals surface area contributed by atoms with Gasteiger partial charge in [-0.1, -0.05) is 194 Å². The standard InChI is InChI=1S/C61H39NO/c1-2-17-46(18-3-1)62(48-34-27-44(28-35-48)50-23-12-16-41-13-4-7-19-49(41)50)47-32-25-40(26-33-47)45-29-36-54-53-22-10-11-24-55(53)61(58(54)39-45)56-37-30-42-14-5-8-20-51(42)59(56)63-60-52-21-9-6-15-43(52)31-38-57(60)61/h1-39H. The van der Waals surface area contributed by atoms with E-state index in [1.165, 1.54) is 71.6 Å². The van der Waals surface area contributed by atoms with Crippen molar-refractivity contribution in [2.45, 2.75) is 5.41 Å². The van der Waals surface area contributed by atoms with Crippen molar-refractivity contribution in [3.8, 4) is 44.9 Å². The van der Waals surface area contributed by atoms with Crippen LogP contribution in [0.5, 0.6) is 11.5 Å². The summed E-state index contributed by atoms with van der Waals surface area (Å²) >= 11 is 0. The Morgan fingerprint density at radius 2 is 0.762 bits per heavy atom. The van der Waals surface area contributed by atoms with E-state index in [1.807, 2.05) is 0 Å². The van der Waals surface area contributed by atoms with Crippen LogP contribution in [0, 0.1) is 0 Å². The molecule has 1 aliphatic heterocycles. The highest BCUT2D eigenvalue weighted by molar-refractivity contribution is 6.01. The minimum absolute atomic E-state index is 0.596. The van der Waals surface area contributed by atoms with E-state index in [0.717, 1.165) is 44.9 Å². The lowest BCUT2D eigenvalue weighted by molar-refractivity contribution is 0.447. The molecule has 11 aromatic carbocycles. The zero-order valence-electron chi connectivity index (χ0n) is 34.4. The molecule has 13 rings (SSSR count). The fraction of sp³-hybridized carbons (Fsp3) is 0.0164. The van der Waals surface area contributed by atoms with Gasteiger partial charge in [0.1, 0.15) is 11.5 Å². The summed E-state index contributed by atoms with van der Waals surface area (Å²) in [7, 11) is 0. The second kappa shape index (κ2) is 13.9. The minimum atomic E-state index is -0.596. The summed E-state index contributed by atoms with van der Waals surface area (Å²) in [6, 6.07) is 86.3. The molecule has 0 radical (unpaired) electrons. The Morgan fingerprint density at radius 1 is 0.286 bits per heavy atom. The van der Waals surface area contributed by atoms with Gasteiger partial charge < -0.3 is 9.64 Å². The maximum atomic E-state index is 7.19. The molecule has 1 heterocycles. The molecular formula is C61H39NO. The van der Waals surface area contributed by atoms with E-state index in [0.29, 0.717) is 0 Å². The van der Waals surface area contributed by atoms with Gasteiger partial charge >= 0.3 is 0 Å². The number of hydrogen-bond donors (Lipinski definition) is 0. The monoisotopic (exact) mass is 801 g/mol. The van der Waals surface area contributed by atoms with Crippen LogP contribution < -0.4 is 9.64 Å². The van der Waals surface area contributed by atoms with Crippen molar-refractivity contribution in [1.29, 1.82) is 0 Å². The maximum Gasteiger partial charge on any atom is 0.140 e.